The molecule has 0 heterocycles. The molecule has 0 N–H and O–H groups in total. The lowest BCUT2D eigenvalue weighted by atomic mass is 9.79. The van der Waals surface area contributed by atoms with Crippen LogP contribution in [0, 0.1) is 5.92 Å². The van der Waals surface area contributed by atoms with Gasteiger partial charge in [-0.25, -0.2) is 9.59 Å². The summed E-state index contributed by atoms with van der Waals surface area (Å²) in [6.07, 6.45) is 0. The van der Waals surface area contributed by atoms with Crippen LogP contribution >= 0.6 is 0 Å². The van der Waals surface area contributed by atoms with E-state index in [1.54, 1.807) is 0 Å². The summed E-state index contributed by atoms with van der Waals surface area (Å²) in [5.74, 6) is -3.20. The number of hydrogen-bond acceptors (Lipinski definition) is 6. The molecule has 0 atom stereocenters. The smallest absolute Gasteiger partial charge is 0.338 e. The summed E-state index contributed by atoms with van der Waals surface area (Å²) < 4.78 is 16.3. The van der Waals surface area contributed by atoms with E-state index >= 15 is 0 Å². The maximum absolute atomic E-state index is 14.1. The first-order valence-electron chi connectivity index (χ1n) is 13.7. The maximum atomic E-state index is 14.1. The van der Waals surface area contributed by atoms with Gasteiger partial charge in [-0.2, -0.15) is 0 Å². The highest BCUT2D eigenvalue weighted by Gasteiger charge is 2.43. The van der Waals surface area contributed by atoms with Crippen LogP contribution in [0.5, 0.6) is 0 Å². The lowest BCUT2D eigenvalue weighted by Gasteiger charge is -2.25. The van der Waals surface area contributed by atoms with Crippen LogP contribution in [0.15, 0.2) is 132 Å². The molecule has 0 radical (unpaired) electrons. The Hall–Kier alpha value is -5.49. The van der Waals surface area contributed by atoms with Gasteiger partial charge in [0.15, 0.2) is 0 Å². The van der Waals surface area contributed by atoms with Gasteiger partial charge in [0.25, 0.3) is 0 Å². The van der Waals surface area contributed by atoms with Crippen LogP contribution in [-0.2, 0) is 28.6 Å². The lowest BCUT2D eigenvalue weighted by Crippen LogP contribution is -2.24. The Bertz CT molecular complexity index is 1610. The summed E-state index contributed by atoms with van der Waals surface area (Å²) in [5.41, 5.74) is 4.33. The highest BCUT2D eigenvalue weighted by atomic mass is 16.5. The monoisotopic (exact) mass is 570 g/mol. The van der Waals surface area contributed by atoms with Gasteiger partial charge in [0.1, 0.15) is 5.92 Å². The van der Waals surface area contributed by atoms with E-state index in [9.17, 15) is 14.4 Å². The molecule has 6 nitrogen and oxygen atoms in total. The number of esters is 3. The molecule has 0 bridgehead atoms. The van der Waals surface area contributed by atoms with Crippen molar-refractivity contribution in [3.8, 4) is 0 Å². The number of ether oxygens (including phenoxy) is 3. The molecule has 0 spiro atoms. The van der Waals surface area contributed by atoms with Gasteiger partial charge >= 0.3 is 17.9 Å². The zero-order chi connectivity index (χ0) is 30.3. The topological polar surface area (TPSA) is 78.9 Å². The Labute approximate surface area is 250 Å². The van der Waals surface area contributed by atoms with Crippen molar-refractivity contribution in [1.82, 2.24) is 0 Å². The Kier molecular flexibility index (Phi) is 8.77. The average Bonchev–Trinajstić information content (AvgIpc) is 3.22. The van der Waals surface area contributed by atoms with Crippen molar-refractivity contribution in [2.45, 2.75) is 0 Å². The molecule has 214 valence electrons. The van der Waals surface area contributed by atoms with E-state index in [-0.39, 0.29) is 11.1 Å². The van der Waals surface area contributed by atoms with Gasteiger partial charge in [0, 0.05) is 11.1 Å². The molecule has 0 unspecified atom stereocenters. The average molecular weight is 571 g/mol. The number of methoxy groups -OCH3 is 3. The van der Waals surface area contributed by atoms with Gasteiger partial charge in [-0.05, 0) is 33.4 Å². The van der Waals surface area contributed by atoms with E-state index in [1.165, 1.54) is 21.3 Å². The van der Waals surface area contributed by atoms with Crippen LogP contribution < -0.4 is 0 Å². The predicted molar refractivity (Wildman–Crippen MR) is 166 cm³/mol. The van der Waals surface area contributed by atoms with Gasteiger partial charge in [-0.3, -0.25) is 4.79 Å². The van der Waals surface area contributed by atoms with Gasteiger partial charge in [-0.1, -0.05) is 121 Å². The number of hydrogen-bond donors (Lipinski definition) is 0. The molecule has 0 amide bonds. The third kappa shape index (κ3) is 5.55. The van der Waals surface area contributed by atoms with Crippen molar-refractivity contribution in [3.63, 3.8) is 0 Å². The fraction of sp³-hybridized carbons (Fsp3) is 0.108. The third-order valence-electron chi connectivity index (χ3n) is 7.38. The van der Waals surface area contributed by atoms with Crippen molar-refractivity contribution in [1.29, 1.82) is 0 Å². The summed E-state index contributed by atoms with van der Waals surface area (Å²) in [6, 6.07) is 36.9. The number of carbonyl (C=O) groups excluding carboxylic acids is 3. The second-order valence-electron chi connectivity index (χ2n) is 9.73. The minimum Gasteiger partial charge on any atom is -0.468 e. The SMILES string of the molecule is COC(=O)C1=C(c2ccccc2)C(C(=O)OC)C(c2ccccc2)=C(C(=O)OC)C(c2ccccc2)=C1c1ccccc1. The van der Waals surface area contributed by atoms with E-state index < -0.39 is 23.8 Å². The second kappa shape index (κ2) is 13.0. The fourth-order valence-corrected chi connectivity index (χ4v) is 5.58. The minimum atomic E-state index is -1.21. The molecule has 0 aliphatic heterocycles. The molecule has 4 aromatic rings. The number of benzene rings is 4. The standard InChI is InChI=1S/C37H30O6/c1-41-35(38)32-28(24-16-8-4-9-17-24)29(25-18-10-5-11-19-25)33(36(39)42-2)31(27-22-14-7-15-23-27)34(37(40)43-3)30(32)26-20-12-6-13-21-26/h4-23,34H,1-3H3. The molecule has 4 aromatic carbocycles. The lowest BCUT2D eigenvalue weighted by molar-refractivity contribution is -0.141. The Morgan fingerprint density at radius 3 is 1.02 bits per heavy atom. The first-order chi connectivity index (χ1) is 21.0. The first kappa shape index (κ1) is 29.0. The first-order valence-corrected chi connectivity index (χ1v) is 13.7. The van der Waals surface area contributed by atoms with Crippen LogP contribution in [0.25, 0.3) is 22.3 Å². The molecule has 0 aromatic heterocycles. The van der Waals surface area contributed by atoms with Gasteiger partial charge in [-0.15, -0.1) is 0 Å². The molecule has 0 fully saturated rings. The normalized spacial score (nSPS) is 13.8. The molecule has 1 aliphatic carbocycles. The maximum Gasteiger partial charge on any atom is 0.338 e. The Morgan fingerprint density at radius 2 is 0.744 bits per heavy atom. The molecule has 5 rings (SSSR count). The van der Waals surface area contributed by atoms with E-state index in [1.807, 2.05) is 121 Å². The molecule has 43 heavy (non-hydrogen) atoms. The van der Waals surface area contributed by atoms with Crippen LogP contribution in [0.2, 0.25) is 0 Å². The van der Waals surface area contributed by atoms with Gasteiger partial charge in [0.05, 0.1) is 32.5 Å². The predicted octanol–water partition coefficient (Wildman–Crippen LogP) is 6.65. The second-order valence-corrected chi connectivity index (χ2v) is 9.73. The van der Waals surface area contributed by atoms with E-state index in [4.69, 9.17) is 14.2 Å². The molecular weight excluding hydrogens is 540 g/mol. The van der Waals surface area contributed by atoms with Crippen LogP contribution in [-0.4, -0.2) is 39.2 Å². The molecule has 1 aliphatic rings. The molecule has 0 saturated heterocycles. The number of rotatable bonds is 7. The van der Waals surface area contributed by atoms with Crippen molar-refractivity contribution >= 4 is 40.2 Å². The van der Waals surface area contributed by atoms with Crippen LogP contribution in [0.1, 0.15) is 22.3 Å². The molecular formula is C37H30O6. The van der Waals surface area contributed by atoms with Crippen molar-refractivity contribution in [2.75, 3.05) is 21.3 Å². The third-order valence-corrected chi connectivity index (χ3v) is 7.38. The van der Waals surface area contributed by atoms with E-state index in [0.717, 1.165) is 0 Å². The zero-order valence-electron chi connectivity index (χ0n) is 24.1. The van der Waals surface area contributed by atoms with Crippen molar-refractivity contribution < 1.29 is 28.6 Å². The summed E-state index contributed by atoms with van der Waals surface area (Å²) in [7, 11) is 3.89. The summed E-state index contributed by atoms with van der Waals surface area (Å²) in [4.78, 5) is 42.3. The molecule has 0 saturated carbocycles. The zero-order valence-corrected chi connectivity index (χ0v) is 24.1. The van der Waals surface area contributed by atoms with Crippen molar-refractivity contribution in [3.05, 3.63) is 155 Å². The Balaban J connectivity index is 2.16. The van der Waals surface area contributed by atoms with E-state index in [0.29, 0.717) is 44.5 Å². The summed E-state index contributed by atoms with van der Waals surface area (Å²) in [5, 5.41) is 0. The highest BCUT2D eigenvalue weighted by molar-refractivity contribution is 6.31. The van der Waals surface area contributed by atoms with E-state index in [2.05, 4.69) is 0 Å². The van der Waals surface area contributed by atoms with Crippen LogP contribution in [0.4, 0.5) is 0 Å². The largest absolute Gasteiger partial charge is 0.468 e. The number of carbonyl (C=O) groups is 3. The molecule has 6 heteroatoms. The van der Waals surface area contributed by atoms with Gasteiger partial charge in [0.2, 0.25) is 0 Å². The van der Waals surface area contributed by atoms with Crippen molar-refractivity contribution in [2.24, 2.45) is 5.92 Å². The van der Waals surface area contributed by atoms with Crippen LogP contribution in [0.3, 0.4) is 0 Å². The quantitative estimate of drug-likeness (QED) is 0.183. The minimum absolute atomic E-state index is 0.140. The fourth-order valence-electron chi connectivity index (χ4n) is 5.58. The van der Waals surface area contributed by atoms with Gasteiger partial charge < -0.3 is 14.2 Å². The summed E-state index contributed by atoms with van der Waals surface area (Å²) in [6.45, 7) is 0. The summed E-state index contributed by atoms with van der Waals surface area (Å²) >= 11 is 0. The Morgan fingerprint density at radius 1 is 0.442 bits per heavy atom. The highest BCUT2D eigenvalue weighted by Crippen LogP contribution is 2.51.